The predicted molar refractivity (Wildman–Crippen MR) is 55.5 cm³/mol. The molecular formula is C10H18N2O3. The number of aliphatic carboxylic acids is 1. The first-order valence-electron chi connectivity index (χ1n) is 5.30. The molecule has 1 fully saturated rings. The first kappa shape index (κ1) is 12.0. The van der Waals surface area contributed by atoms with Crippen molar-refractivity contribution >= 4 is 11.9 Å². The van der Waals surface area contributed by atoms with E-state index in [9.17, 15) is 9.59 Å². The van der Waals surface area contributed by atoms with Gasteiger partial charge in [-0.3, -0.25) is 14.5 Å². The average Bonchev–Trinajstić information content (AvgIpc) is 2.96. The van der Waals surface area contributed by atoms with Crippen LogP contribution in [0.25, 0.3) is 0 Å². The molecule has 1 atom stereocenters. The molecular weight excluding hydrogens is 196 g/mol. The zero-order valence-electron chi connectivity index (χ0n) is 9.19. The third-order valence-electron chi connectivity index (χ3n) is 2.60. The number of likely N-dealkylation sites (N-methyl/N-ethyl adjacent to an activating group) is 1. The van der Waals surface area contributed by atoms with E-state index in [1.54, 1.807) is 11.8 Å². The summed E-state index contributed by atoms with van der Waals surface area (Å²) in [5.41, 5.74) is 0. The van der Waals surface area contributed by atoms with Gasteiger partial charge in [-0.25, -0.2) is 0 Å². The van der Waals surface area contributed by atoms with Crippen LogP contribution in [0.3, 0.4) is 0 Å². The van der Waals surface area contributed by atoms with Crippen molar-refractivity contribution in [2.24, 2.45) is 0 Å². The Labute approximate surface area is 89.4 Å². The highest BCUT2D eigenvalue weighted by Crippen LogP contribution is 2.19. The second-order valence-electron chi connectivity index (χ2n) is 3.92. The molecule has 1 aliphatic rings. The number of hydrogen-bond acceptors (Lipinski definition) is 3. The monoisotopic (exact) mass is 214 g/mol. The zero-order chi connectivity index (χ0) is 11.4. The average molecular weight is 214 g/mol. The minimum absolute atomic E-state index is 0.0689. The zero-order valence-corrected chi connectivity index (χ0v) is 9.19. The largest absolute Gasteiger partial charge is 0.480 e. The molecule has 0 spiro atoms. The number of rotatable bonds is 6. The van der Waals surface area contributed by atoms with Crippen LogP contribution in [0.2, 0.25) is 0 Å². The first-order chi connectivity index (χ1) is 7.04. The molecule has 1 unspecified atom stereocenters. The van der Waals surface area contributed by atoms with E-state index < -0.39 is 5.97 Å². The molecule has 1 amide bonds. The Bertz CT molecular complexity index is 251. The Balaban J connectivity index is 2.42. The molecule has 1 rings (SSSR count). The number of nitrogens with zero attached hydrogens (tertiary/aromatic N) is 1. The molecule has 5 heteroatoms. The number of carbonyl (C=O) groups excluding carboxylic acids is 1. The van der Waals surface area contributed by atoms with E-state index in [1.165, 1.54) is 0 Å². The predicted octanol–water partition coefficient (Wildman–Crippen LogP) is 0.0600. The third-order valence-corrected chi connectivity index (χ3v) is 2.60. The smallest absolute Gasteiger partial charge is 0.317 e. The summed E-state index contributed by atoms with van der Waals surface area (Å²) in [7, 11) is 0. The normalized spacial score (nSPS) is 17.5. The fourth-order valence-corrected chi connectivity index (χ4v) is 1.41. The van der Waals surface area contributed by atoms with Crippen molar-refractivity contribution in [3.05, 3.63) is 0 Å². The second kappa shape index (κ2) is 5.11. The van der Waals surface area contributed by atoms with E-state index in [2.05, 4.69) is 5.32 Å². The summed E-state index contributed by atoms with van der Waals surface area (Å²) in [6, 6.07) is -0.0461. The van der Waals surface area contributed by atoms with Gasteiger partial charge in [0.1, 0.15) is 0 Å². The van der Waals surface area contributed by atoms with E-state index in [0.717, 1.165) is 12.8 Å². The summed E-state index contributed by atoms with van der Waals surface area (Å²) in [6.07, 6.45) is 2.09. The Hall–Kier alpha value is -1.10. The van der Waals surface area contributed by atoms with Crippen molar-refractivity contribution in [2.45, 2.75) is 38.8 Å². The lowest BCUT2D eigenvalue weighted by Crippen LogP contribution is -2.47. The van der Waals surface area contributed by atoms with Gasteiger partial charge in [0, 0.05) is 6.04 Å². The minimum atomic E-state index is -0.900. The SMILES string of the molecule is CCN(CC(=O)O)C(C)C(=O)NC1CC1. The summed E-state index contributed by atoms with van der Waals surface area (Å²) in [4.78, 5) is 23.8. The van der Waals surface area contributed by atoms with Crippen molar-refractivity contribution in [2.75, 3.05) is 13.1 Å². The molecule has 0 aliphatic heterocycles. The Morgan fingerprint density at radius 3 is 2.53 bits per heavy atom. The van der Waals surface area contributed by atoms with Gasteiger partial charge in [0.05, 0.1) is 12.6 Å². The van der Waals surface area contributed by atoms with Gasteiger partial charge < -0.3 is 10.4 Å². The summed E-state index contributed by atoms with van der Waals surface area (Å²) < 4.78 is 0. The molecule has 0 aromatic rings. The molecule has 1 aliphatic carbocycles. The number of hydrogen-bond donors (Lipinski definition) is 2. The molecule has 0 saturated heterocycles. The van der Waals surface area contributed by atoms with Gasteiger partial charge in [-0.1, -0.05) is 6.92 Å². The standard InChI is InChI=1S/C10H18N2O3/c1-3-12(6-9(13)14)7(2)10(15)11-8-4-5-8/h7-8H,3-6H2,1-2H3,(H,11,15)(H,13,14). The number of nitrogens with one attached hydrogen (secondary N) is 1. The molecule has 1 saturated carbocycles. The van der Waals surface area contributed by atoms with Crippen LogP contribution in [0.15, 0.2) is 0 Å². The van der Waals surface area contributed by atoms with E-state index in [1.807, 2.05) is 6.92 Å². The summed E-state index contributed by atoms with van der Waals surface area (Å²) in [6.45, 7) is 4.06. The molecule has 2 N–H and O–H groups in total. The van der Waals surface area contributed by atoms with E-state index in [-0.39, 0.29) is 18.5 Å². The van der Waals surface area contributed by atoms with Gasteiger partial charge in [-0.2, -0.15) is 0 Å². The van der Waals surface area contributed by atoms with E-state index in [0.29, 0.717) is 12.6 Å². The van der Waals surface area contributed by atoms with Gasteiger partial charge in [-0.15, -0.1) is 0 Å². The molecule has 0 aromatic carbocycles. The maximum Gasteiger partial charge on any atom is 0.317 e. The molecule has 0 aromatic heterocycles. The van der Waals surface area contributed by atoms with Crippen LogP contribution in [-0.2, 0) is 9.59 Å². The van der Waals surface area contributed by atoms with Crippen molar-refractivity contribution in [3.63, 3.8) is 0 Å². The van der Waals surface area contributed by atoms with Crippen molar-refractivity contribution in [1.82, 2.24) is 10.2 Å². The Morgan fingerprint density at radius 2 is 2.13 bits per heavy atom. The fourth-order valence-electron chi connectivity index (χ4n) is 1.41. The van der Waals surface area contributed by atoms with Gasteiger partial charge in [0.25, 0.3) is 0 Å². The van der Waals surface area contributed by atoms with Crippen LogP contribution >= 0.6 is 0 Å². The van der Waals surface area contributed by atoms with Gasteiger partial charge in [0.2, 0.25) is 5.91 Å². The summed E-state index contributed by atoms with van der Waals surface area (Å²) >= 11 is 0. The number of carboxylic acid groups (broad SMARTS) is 1. The van der Waals surface area contributed by atoms with Gasteiger partial charge >= 0.3 is 5.97 Å². The highest BCUT2D eigenvalue weighted by atomic mass is 16.4. The van der Waals surface area contributed by atoms with E-state index >= 15 is 0 Å². The highest BCUT2D eigenvalue weighted by Gasteiger charge is 2.28. The number of carboxylic acids is 1. The Morgan fingerprint density at radius 1 is 1.53 bits per heavy atom. The van der Waals surface area contributed by atoms with Crippen LogP contribution in [0.5, 0.6) is 0 Å². The molecule has 0 bridgehead atoms. The van der Waals surface area contributed by atoms with Crippen LogP contribution in [0.1, 0.15) is 26.7 Å². The summed E-state index contributed by atoms with van der Waals surface area (Å²) in [5.74, 6) is -0.969. The van der Waals surface area contributed by atoms with Crippen molar-refractivity contribution < 1.29 is 14.7 Å². The van der Waals surface area contributed by atoms with Crippen molar-refractivity contribution in [1.29, 1.82) is 0 Å². The minimum Gasteiger partial charge on any atom is -0.480 e. The Kier molecular flexibility index (Phi) is 4.08. The third kappa shape index (κ3) is 3.87. The van der Waals surface area contributed by atoms with Crippen LogP contribution < -0.4 is 5.32 Å². The van der Waals surface area contributed by atoms with Crippen LogP contribution in [-0.4, -0.2) is 47.1 Å². The quantitative estimate of drug-likeness (QED) is 0.656. The van der Waals surface area contributed by atoms with Crippen LogP contribution in [0, 0.1) is 0 Å². The van der Waals surface area contributed by atoms with Gasteiger partial charge in [0.15, 0.2) is 0 Å². The number of amides is 1. The topological polar surface area (TPSA) is 69.6 Å². The maximum atomic E-state index is 11.6. The van der Waals surface area contributed by atoms with Crippen LogP contribution in [0.4, 0.5) is 0 Å². The lowest BCUT2D eigenvalue weighted by molar-refractivity contribution is -0.139. The maximum absolute atomic E-state index is 11.6. The molecule has 15 heavy (non-hydrogen) atoms. The highest BCUT2D eigenvalue weighted by molar-refractivity contribution is 5.82. The molecule has 5 nitrogen and oxygen atoms in total. The second-order valence-corrected chi connectivity index (χ2v) is 3.92. The lowest BCUT2D eigenvalue weighted by Gasteiger charge is -2.24. The molecule has 0 heterocycles. The number of carbonyl (C=O) groups is 2. The summed E-state index contributed by atoms with van der Waals surface area (Å²) in [5, 5.41) is 11.5. The van der Waals surface area contributed by atoms with E-state index in [4.69, 9.17) is 5.11 Å². The van der Waals surface area contributed by atoms with Crippen molar-refractivity contribution in [3.8, 4) is 0 Å². The molecule has 0 radical (unpaired) electrons. The fraction of sp³-hybridized carbons (Fsp3) is 0.800. The lowest BCUT2D eigenvalue weighted by atomic mass is 10.2. The molecule has 86 valence electrons. The van der Waals surface area contributed by atoms with Gasteiger partial charge in [-0.05, 0) is 26.3 Å². The first-order valence-corrected chi connectivity index (χ1v) is 5.30.